The molecule has 0 aliphatic heterocycles. The van der Waals surface area contributed by atoms with Crippen LogP contribution in [0.1, 0.15) is 25.6 Å². The second-order valence-electron chi connectivity index (χ2n) is 5.52. The van der Waals surface area contributed by atoms with Crippen molar-refractivity contribution in [2.45, 2.75) is 17.2 Å². The quantitative estimate of drug-likeness (QED) is 0.811. The van der Waals surface area contributed by atoms with Crippen LogP contribution in [0.2, 0.25) is 0 Å². The van der Waals surface area contributed by atoms with Crippen LogP contribution in [0.4, 0.5) is 13.2 Å². The number of fused-ring (bicyclic) bond motifs is 1. The molecule has 1 aliphatic rings. The Labute approximate surface area is 150 Å². The summed E-state index contributed by atoms with van der Waals surface area (Å²) >= 11 is 0. The monoisotopic (exact) mass is 384 g/mol. The van der Waals surface area contributed by atoms with E-state index in [9.17, 15) is 26.4 Å². The van der Waals surface area contributed by atoms with Gasteiger partial charge in [-0.1, -0.05) is 0 Å². The van der Waals surface area contributed by atoms with Gasteiger partial charge >= 0.3 is 5.92 Å². The van der Waals surface area contributed by atoms with Crippen LogP contribution in [0.3, 0.4) is 0 Å². The summed E-state index contributed by atoms with van der Waals surface area (Å²) in [5, 5.41) is 8.88. The zero-order valence-corrected chi connectivity index (χ0v) is 13.5. The fourth-order valence-electron chi connectivity index (χ4n) is 2.65. The second kappa shape index (κ2) is 5.85. The molecule has 9 heteroatoms. The van der Waals surface area contributed by atoms with Crippen molar-refractivity contribution in [3.05, 3.63) is 52.8 Å². The van der Waals surface area contributed by atoms with E-state index < -0.39 is 56.0 Å². The summed E-state index contributed by atoms with van der Waals surface area (Å²) in [5.41, 5.74) is -1.62. The smallest absolute Gasteiger partial charge is 0.313 e. The topological polar surface area (TPSA) is 84.2 Å². The van der Waals surface area contributed by atoms with Crippen molar-refractivity contribution in [1.82, 2.24) is 0 Å². The van der Waals surface area contributed by atoms with Gasteiger partial charge in [0.1, 0.15) is 17.3 Å². The maximum Gasteiger partial charge on any atom is 0.313 e. The van der Waals surface area contributed by atoms with Crippen molar-refractivity contribution in [1.29, 1.82) is 5.26 Å². The van der Waals surface area contributed by atoms with Gasteiger partial charge in [-0.15, -0.1) is 0 Å². The summed E-state index contributed by atoms with van der Waals surface area (Å²) in [4.78, 5) is 11.1. The minimum absolute atomic E-state index is 0.125. The highest BCUT2D eigenvalue weighted by molar-refractivity contribution is 7.90. The number of hydrogen-bond donors (Lipinski definition) is 0. The van der Waals surface area contributed by atoms with Crippen molar-refractivity contribution in [3.8, 4) is 17.6 Å². The van der Waals surface area contributed by atoms with Gasteiger partial charge in [-0.3, -0.25) is 4.79 Å². The van der Waals surface area contributed by atoms with Crippen LogP contribution in [0.25, 0.3) is 0 Å². The predicted molar refractivity (Wildman–Crippen MR) is 83.7 cm³/mol. The minimum Gasteiger partial charge on any atom is -0.457 e. The number of halogens is 3. The van der Waals surface area contributed by atoms with Gasteiger partial charge in [0, 0.05) is 33.9 Å². The summed E-state index contributed by atoms with van der Waals surface area (Å²) in [5.74, 6) is -7.31. The average molecular weight is 384 g/mol. The first-order chi connectivity index (χ1) is 13.3. The van der Waals surface area contributed by atoms with E-state index in [4.69, 9.17) is 14.1 Å². The lowest BCUT2D eigenvalue weighted by atomic mass is 10.1. The number of alkyl halides is 2. The van der Waals surface area contributed by atoms with E-state index >= 15 is 0 Å². The molecule has 0 unspecified atom stereocenters. The van der Waals surface area contributed by atoms with Crippen molar-refractivity contribution >= 4 is 15.6 Å². The Morgan fingerprint density at radius 3 is 2.69 bits per heavy atom. The van der Waals surface area contributed by atoms with Crippen molar-refractivity contribution in [2.24, 2.45) is 0 Å². The van der Waals surface area contributed by atoms with Crippen molar-refractivity contribution in [2.75, 3.05) is 6.18 Å². The molecule has 0 aromatic heterocycles. The zero-order valence-electron chi connectivity index (χ0n) is 15.7. The lowest BCUT2D eigenvalue weighted by Gasteiger charge is -2.12. The van der Waals surface area contributed by atoms with Crippen molar-refractivity contribution < 1.29 is 35.2 Å². The van der Waals surface area contributed by atoms with Crippen molar-refractivity contribution in [3.63, 3.8) is 0 Å². The summed E-state index contributed by atoms with van der Waals surface area (Å²) in [6.07, 6.45) is -4.80. The number of sulfone groups is 1. The molecule has 2 aromatic carbocycles. The van der Waals surface area contributed by atoms with Crippen LogP contribution in [0.15, 0.2) is 35.2 Å². The number of ketones is 1. The van der Waals surface area contributed by atoms with E-state index in [1.54, 1.807) is 6.07 Å². The highest BCUT2D eigenvalue weighted by Crippen LogP contribution is 2.43. The fraction of sp³-hybridized carbons (Fsp3) is 0.176. The molecule has 5 nitrogen and oxygen atoms in total. The molecule has 2 aromatic rings. The van der Waals surface area contributed by atoms with Gasteiger partial charge in [-0.05, 0) is 24.3 Å². The first kappa shape index (κ1) is 14.3. The number of ether oxygens (including phenoxy) is 1. The molecule has 0 heterocycles. The molecule has 0 bridgehead atoms. The lowest BCUT2D eigenvalue weighted by molar-refractivity contribution is 0.0165. The maximum atomic E-state index is 14.1. The van der Waals surface area contributed by atoms with E-state index in [0.29, 0.717) is 6.07 Å². The molecule has 1 aliphatic carbocycles. The predicted octanol–water partition coefficient (Wildman–Crippen LogP) is 3.27. The molecule has 0 radical (unpaired) electrons. The number of nitrogens with zero attached hydrogens (tertiary/aromatic N) is 1. The maximum absolute atomic E-state index is 14.1. The normalized spacial score (nSPS) is 17.6. The van der Waals surface area contributed by atoms with Crippen LogP contribution in [0.5, 0.6) is 11.5 Å². The van der Waals surface area contributed by atoms with E-state index in [1.165, 1.54) is 0 Å². The molecule has 3 rings (SSSR count). The number of hydrogen-bond acceptors (Lipinski definition) is 5. The number of nitriles is 1. The summed E-state index contributed by atoms with van der Waals surface area (Å²) < 4.78 is 93.0. The van der Waals surface area contributed by atoms with Crippen LogP contribution >= 0.6 is 0 Å². The van der Waals surface area contributed by atoms with E-state index in [2.05, 4.69) is 0 Å². The standard InChI is InChI=1S/C17H10F3NO4S/c1-26(23,24)14-3-2-13(12-7-17(19,20)16(22)15(12)14)25-11-5-9(8-21)4-10(18)6-11/h2-6H,7H2,1H3/i1D3. The lowest BCUT2D eigenvalue weighted by Crippen LogP contribution is -2.24. The van der Waals surface area contributed by atoms with Gasteiger partial charge in [0.05, 0.1) is 16.5 Å². The van der Waals surface area contributed by atoms with Gasteiger partial charge in [-0.25, -0.2) is 12.8 Å². The zero-order chi connectivity index (χ0) is 21.8. The molecule has 0 saturated heterocycles. The fourth-order valence-corrected chi connectivity index (χ4v) is 3.38. The first-order valence-corrected chi connectivity index (χ1v) is 8.48. The van der Waals surface area contributed by atoms with E-state index in [0.717, 1.165) is 24.3 Å². The van der Waals surface area contributed by atoms with Gasteiger partial charge in [0.25, 0.3) is 0 Å². The minimum atomic E-state index is -5.10. The first-order valence-electron chi connectivity index (χ1n) is 8.49. The number of benzene rings is 2. The molecule has 0 atom stereocenters. The van der Waals surface area contributed by atoms with Gasteiger partial charge < -0.3 is 4.74 Å². The number of carbonyl (C=O) groups excluding carboxylic acids is 1. The number of rotatable bonds is 3. The van der Waals surface area contributed by atoms with E-state index in [1.807, 2.05) is 0 Å². The third kappa shape index (κ3) is 3.04. The van der Waals surface area contributed by atoms with E-state index in [-0.39, 0.29) is 17.1 Å². The third-order valence-electron chi connectivity index (χ3n) is 3.71. The molecular formula is C17H10F3NO4S. The molecule has 26 heavy (non-hydrogen) atoms. The largest absolute Gasteiger partial charge is 0.457 e. The summed E-state index contributed by atoms with van der Waals surface area (Å²) in [7, 11) is -5.10. The van der Waals surface area contributed by atoms with Crippen LogP contribution in [-0.2, 0) is 16.3 Å². The Bertz CT molecular complexity index is 1190. The summed E-state index contributed by atoms with van der Waals surface area (Å²) in [6, 6.07) is 6.13. The Morgan fingerprint density at radius 1 is 1.31 bits per heavy atom. The molecule has 0 fully saturated rings. The Morgan fingerprint density at radius 2 is 2.04 bits per heavy atom. The highest BCUT2D eigenvalue weighted by Gasteiger charge is 2.50. The van der Waals surface area contributed by atoms with Gasteiger partial charge in [-0.2, -0.15) is 14.0 Å². The van der Waals surface area contributed by atoms with Gasteiger partial charge in [0.2, 0.25) is 5.78 Å². The summed E-state index contributed by atoms with van der Waals surface area (Å²) in [6.45, 7) is 0. The second-order valence-corrected chi connectivity index (χ2v) is 6.97. The Kier molecular flexibility index (Phi) is 3.22. The number of Topliss-reactive ketones (excluding diaryl/α,β-unsaturated/α-hetero) is 1. The average Bonchev–Trinajstić information content (AvgIpc) is 2.84. The van der Waals surface area contributed by atoms with Gasteiger partial charge in [0.15, 0.2) is 9.84 Å². The van der Waals surface area contributed by atoms with Crippen LogP contribution < -0.4 is 4.74 Å². The molecule has 0 N–H and O–H groups in total. The molecule has 134 valence electrons. The SMILES string of the molecule is [2H]C([2H])([2H])S(=O)(=O)c1ccc(Oc2cc(F)cc(C#N)c2)c2c1C(=O)C(F)(F)C2. The highest BCUT2D eigenvalue weighted by atomic mass is 32.2. The Balaban J connectivity index is 2.20. The Hall–Kier alpha value is -2.86. The molecule has 0 saturated carbocycles. The molecule has 0 amide bonds. The molecule has 0 spiro atoms. The number of carbonyl (C=O) groups is 1. The van der Waals surface area contributed by atoms with Crippen LogP contribution in [0, 0.1) is 17.1 Å². The van der Waals surface area contributed by atoms with Crippen LogP contribution in [-0.4, -0.2) is 26.3 Å². The third-order valence-corrected chi connectivity index (χ3v) is 4.63. The molecular weight excluding hydrogens is 371 g/mol.